The van der Waals surface area contributed by atoms with Crippen LogP contribution in [0.2, 0.25) is 0 Å². The number of piperidine rings is 1. The molecule has 1 aliphatic heterocycles. The van der Waals surface area contributed by atoms with Crippen molar-refractivity contribution in [3.05, 3.63) is 42.6 Å². The van der Waals surface area contributed by atoms with E-state index in [0.717, 1.165) is 34.9 Å². The number of aryl methyl sites for hydroxylation is 1. The lowest BCUT2D eigenvalue weighted by Crippen LogP contribution is -2.41. The van der Waals surface area contributed by atoms with E-state index >= 15 is 0 Å². The van der Waals surface area contributed by atoms with Gasteiger partial charge in [0.05, 0.1) is 24.7 Å². The number of Topliss-reactive ketones (excluding diaryl/α,β-unsaturated/α-hetero) is 1. The second kappa shape index (κ2) is 9.39. The molecule has 3 aromatic rings. The molecule has 3 heterocycles. The number of fused-ring (bicyclic) bond motifs is 1. The highest BCUT2D eigenvalue weighted by atomic mass is 16.6. The molecule has 0 saturated carbocycles. The summed E-state index contributed by atoms with van der Waals surface area (Å²) in [5.74, 6) is 0.463. The molecule has 8 nitrogen and oxygen atoms in total. The Balaban J connectivity index is 1.35. The van der Waals surface area contributed by atoms with Crippen LogP contribution >= 0.6 is 0 Å². The van der Waals surface area contributed by atoms with E-state index in [1.165, 1.54) is 0 Å². The monoisotopic (exact) mass is 449 g/mol. The number of aromatic nitrogens is 4. The lowest BCUT2D eigenvalue weighted by molar-refractivity contribution is -0.156. The molecule has 1 fully saturated rings. The molecule has 0 bridgehead atoms. The Morgan fingerprint density at radius 2 is 1.88 bits per heavy atom. The number of esters is 1. The van der Waals surface area contributed by atoms with E-state index in [1.54, 1.807) is 10.9 Å². The van der Waals surface area contributed by atoms with Gasteiger partial charge in [0.2, 0.25) is 0 Å². The average molecular weight is 450 g/mol. The molecule has 174 valence electrons. The summed E-state index contributed by atoms with van der Waals surface area (Å²) < 4.78 is 7.16. The van der Waals surface area contributed by atoms with Gasteiger partial charge in [-0.2, -0.15) is 5.10 Å². The van der Waals surface area contributed by atoms with Crippen LogP contribution in [0.3, 0.4) is 0 Å². The van der Waals surface area contributed by atoms with Crippen LogP contribution in [0.25, 0.3) is 22.0 Å². The van der Waals surface area contributed by atoms with Crippen molar-refractivity contribution >= 4 is 22.7 Å². The summed E-state index contributed by atoms with van der Waals surface area (Å²) in [6, 6.07) is 6.03. The van der Waals surface area contributed by atoms with Gasteiger partial charge in [-0.1, -0.05) is 12.1 Å². The van der Waals surface area contributed by atoms with Crippen LogP contribution < -0.4 is 0 Å². The molecule has 0 radical (unpaired) electrons. The molecular formula is C25H31N5O3. The first-order chi connectivity index (χ1) is 15.7. The first-order valence-electron chi connectivity index (χ1n) is 11.4. The summed E-state index contributed by atoms with van der Waals surface area (Å²) in [5.41, 5.74) is 2.39. The van der Waals surface area contributed by atoms with Gasteiger partial charge in [-0.05, 0) is 58.3 Å². The van der Waals surface area contributed by atoms with Gasteiger partial charge in [0, 0.05) is 36.3 Å². The Labute approximate surface area is 194 Å². The number of rotatable bonds is 6. The predicted molar refractivity (Wildman–Crippen MR) is 125 cm³/mol. The fourth-order valence-corrected chi connectivity index (χ4v) is 4.17. The molecule has 0 aliphatic carbocycles. The molecule has 0 spiro atoms. The summed E-state index contributed by atoms with van der Waals surface area (Å²) >= 11 is 0. The maximum absolute atomic E-state index is 12.9. The van der Waals surface area contributed by atoms with Gasteiger partial charge >= 0.3 is 5.97 Å². The third kappa shape index (κ3) is 6.01. The van der Waals surface area contributed by atoms with Crippen molar-refractivity contribution in [2.45, 2.75) is 45.6 Å². The third-order valence-electron chi connectivity index (χ3n) is 5.82. The smallest absolute Gasteiger partial charge is 0.320 e. The van der Waals surface area contributed by atoms with E-state index in [2.05, 4.69) is 20.0 Å². The van der Waals surface area contributed by atoms with Gasteiger partial charge < -0.3 is 4.74 Å². The topological polar surface area (TPSA) is 90.2 Å². The highest BCUT2D eigenvalue weighted by molar-refractivity contribution is 5.85. The molecule has 1 saturated heterocycles. The highest BCUT2D eigenvalue weighted by Crippen LogP contribution is 2.24. The first-order valence-corrected chi connectivity index (χ1v) is 11.4. The number of nitrogens with zero attached hydrogens (tertiary/aromatic N) is 5. The molecular weight excluding hydrogens is 418 g/mol. The van der Waals surface area contributed by atoms with Crippen LogP contribution in [0.1, 0.15) is 39.4 Å². The number of benzene rings is 1. The van der Waals surface area contributed by atoms with Crippen LogP contribution in [0.4, 0.5) is 0 Å². The molecule has 1 aliphatic rings. The van der Waals surface area contributed by atoms with Gasteiger partial charge in [0.15, 0.2) is 0 Å². The molecule has 0 amide bonds. The average Bonchev–Trinajstić information content (AvgIpc) is 3.18. The molecule has 8 heteroatoms. The lowest BCUT2D eigenvalue weighted by Gasteiger charge is -2.31. The van der Waals surface area contributed by atoms with E-state index in [4.69, 9.17) is 4.74 Å². The Hall–Kier alpha value is -3.13. The van der Waals surface area contributed by atoms with E-state index in [0.29, 0.717) is 18.9 Å². The molecule has 2 aromatic heterocycles. The van der Waals surface area contributed by atoms with Crippen molar-refractivity contribution in [2.24, 2.45) is 13.0 Å². The zero-order valence-corrected chi connectivity index (χ0v) is 19.7. The van der Waals surface area contributed by atoms with Gasteiger partial charge in [-0.25, -0.2) is 9.97 Å². The van der Waals surface area contributed by atoms with E-state index in [9.17, 15) is 9.59 Å². The molecule has 0 N–H and O–H groups in total. The fourth-order valence-electron chi connectivity index (χ4n) is 4.17. The quantitative estimate of drug-likeness (QED) is 0.534. The zero-order chi connectivity index (χ0) is 23.6. The summed E-state index contributed by atoms with van der Waals surface area (Å²) in [7, 11) is 1.89. The zero-order valence-electron chi connectivity index (χ0n) is 19.7. The van der Waals surface area contributed by atoms with E-state index in [1.807, 2.05) is 58.4 Å². The molecule has 0 atom stereocenters. The van der Waals surface area contributed by atoms with Crippen LogP contribution in [-0.2, 0) is 27.8 Å². The van der Waals surface area contributed by atoms with Crippen LogP contribution in [0.15, 0.2) is 36.8 Å². The maximum atomic E-state index is 12.9. The fraction of sp³-hybridized carbons (Fsp3) is 0.480. The number of carbonyl (C=O) groups excluding carboxylic acids is 2. The van der Waals surface area contributed by atoms with Crippen molar-refractivity contribution in [2.75, 3.05) is 19.6 Å². The van der Waals surface area contributed by atoms with Crippen molar-refractivity contribution < 1.29 is 14.3 Å². The predicted octanol–water partition coefficient (Wildman–Crippen LogP) is 3.20. The molecule has 0 unspecified atom stereocenters. The van der Waals surface area contributed by atoms with Crippen LogP contribution in [0.5, 0.6) is 0 Å². The Morgan fingerprint density at radius 3 is 2.55 bits per heavy atom. The van der Waals surface area contributed by atoms with Gasteiger partial charge in [-0.15, -0.1) is 0 Å². The van der Waals surface area contributed by atoms with E-state index in [-0.39, 0.29) is 30.6 Å². The van der Waals surface area contributed by atoms with Crippen LogP contribution in [-0.4, -0.2) is 61.6 Å². The van der Waals surface area contributed by atoms with Gasteiger partial charge in [0.1, 0.15) is 17.2 Å². The van der Waals surface area contributed by atoms with Crippen molar-refractivity contribution in [1.29, 1.82) is 0 Å². The number of hydrogen-bond acceptors (Lipinski definition) is 7. The number of carbonyl (C=O) groups is 2. The van der Waals surface area contributed by atoms with Gasteiger partial charge in [-0.3, -0.25) is 19.2 Å². The summed E-state index contributed by atoms with van der Waals surface area (Å²) in [6.45, 7) is 7.29. The minimum atomic E-state index is -0.482. The summed E-state index contributed by atoms with van der Waals surface area (Å²) in [6.07, 6.45) is 7.26. The second-order valence-electron chi connectivity index (χ2n) is 9.74. The summed E-state index contributed by atoms with van der Waals surface area (Å²) in [4.78, 5) is 36.1. The minimum absolute atomic E-state index is 0.0269. The van der Waals surface area contributed by atoms with E-state index < -0.39 is 5.60 Å². The molecule has 33 heavy (non-hydrogen) atoms. The number of ether oxygens (including phenoxy) is 1. The van der Waals surface area contributed by atoms with Crippen molar-refractivity contribution in [3.8, 4) is 11.1 Å². The van der Waals surface area contributed by atoms with Crippen LogP contribution in [0, 0.1) is 5.92 Å². The lowest BCUT2D eigenvalue weighted by atomic mass is 9.91. The first kappa shape index (κ1) is 23.0. The Bertz CT molecular complexity index is 1160. The van der Waals surface area contributed by atoms with Gasteiger partial charge in [0.25, 0.3) is 0 Å². The normalized spacial score (nSPS) is 15.6. The van der Waals surface area contributed by atoms with Crippen molar-refractivity contribution in [1.82, 2.24) is 24.6 Å². The second-order valence-corrected chi connectivity index (χ2v) is 9.74. The largest absolute Gasteiger partial charge is 0.459 e. The Kier molecular flexibility index (Phi) is 6.56. The standard InChI is InChI=1S/C25H31N5O3/c1-25(2,3)33-24(32)16-30-9-7-17(8-10-30)22(31)12-23-26-13-19-6-5-18(11-21(19)28-23)20-14-27-29(4)15-20/h5-6,11,13-15,17H,7-10,12,16H2,1-4H3. The minimum Gasteiger partial charge on any atom is -0.459 e. The van der Waals surface area contributed by atoms with Crippen molar-refractivity contribution in [3.63, 3.8) is 0 Å². The SMILES string of the molecule is Cn1cc(-c2ccc3cnc(CC(=O)C4CCN(CC(=O)OC(C)(C)C)CC4)nc3c2)cn1. The molecule has 4 rings (SSSR count). The molecule has 1 aromatic carbocycles. The highest BCUT2D eigenvalue weighted by Gasteiger charge is 2.27. The number of hydrogen-bond donors (Lipinski definition) is 0. The number of ketones is 1. The Morgan fingerprint density at radius 1 is 1.12 bits per heavy atom. The number of likely N-dealkylation sites (tertiary alicyclic amines) is 1. The summed E-state index contributed by atoms with van der Waals surface area (Å²) in [5, 5.41) is 5.17. The maximum Gasteiger partial charge on any atom is 0.320 e. The third-order valence-corrected chi connectivity index (χ3v) is 5.82.